The molecular weight excluding hydrogens is 352 g/mol. The summed E-state index contributed by atoms with van der Waals surface area (Å²) < 4.78 is 0. The number of carbonyl (C=O) groups is 2. The maximum Gasteiger partial charge on any atom is 0.224 e. The molecule has 5 N–H and O–H groups in total. The van der Waals surface area contributed by atoms with Crippen molar-refractivity contribution >= 4 is 28.4 Å². The third-order valence-corrected chi connectivity index (χ3v) is 4.62. The molecule has 0 atom stereocenters. The van der Waals surface area contributed by atoms with E-state index >= 15 is 0 Å². The Balaban J connectivity index is 1.50. The molecule has 0 spiro atoms. The molecule has 6 heteroatoms. The minimum Gasteiger partial charge on any atom is -0.361 e. The number of hydrogen-bond acceptors (Lipinski definition) is 3. The summed E-state index contributed by atoms with van der Waals surface area (Å²) in [4.78, 5) is 26.5. The molecule has 1 aromatic heterocycles. The first-order chi connectivity index (χ1) is 13.5. The Bertz CT molecular complexity index is 960. The number of fused-ring (bicyclic) bond motifs is 1. The first-order valence-corrected chi connectivity index (χ1v) is 9.47. The van der Waals surface area contributed by atoms with Crippen molar-refractivity contribution in [1.82, 2.24) is 10.3 Å². The van der Waals surface area contributed by atoms with Crippen molar-refractivity contribution in [3.8, 4) is 0 Å². The van der Waals surface area contributed by atoms with E-state index in [9.17, 15) is 9.59 Å². The highest BCUT2D eigenvalue weighted by Crippen LogP contribution is 2.20. The van der Waals surface area contributed by atoms with Crippen LogP contribution in [0.15, 0.2) is 48.7 Å². The molecule has 0 aliphatic rings. The van der Waals surface area contributed by atoms with Crippen LogP contribution in [-0.4, -0.2) is 29.9 Å². The largest absolute Gasteiger partial charge is 0.361 e. The highest BCUT2D eigenvalue weighted by atomic mass is 16.2. The number of aromatic amines is 1. The van der Waals surface area contributed by atoms with Gasteiger partial charge in [-0.1, -0.05) is 18.2 Å². The lowest BCUT2D eigenvalue weighted by molar-refractivity contribution is -0.120. The van der Waals surface area contributed by atoms with Gasteiger partial charge in [0.15, 0.2) is 0 Å². The fourth-order valence-corrected chi connectivity index (χ4v) is 3.25. The fourth-order valence-electron chi connectivity index (χ4n) is 3.25. The Hall–Kier alpha value is -3.12. The normalized spacial score (nSPS) is 10.8. The lowest BCUT2D eigenvalue weighted by Gasteiger charge is -2.07. The molecule has 1 heterocycles. The molecule has 2 aromatic carbocycles. The Morgan fingerprint density at radius 1 is 1.04 bits per heavy atom. The van der Waals surface area contributed by atoms with E-state index in [2.05, 4.69) is 33.8 Å². The molecule has 0 aliphatic heterocycles. The van der Waals surface area contributed by atoms with Gasteiger partial charge in [-0.15, -0.1) is 0 Å². The molecule has 146 valence electrons. The topological polar surface area (TPSA) is 100 Å². The lowest BCUT2D eigenvalue weighted by atomic mass is 10.1. The SMILES string of the molecule is CC(=O)Nc1ccc(CC(=O)NCCc2ccc3[nH]cc(CCN)c3c2)cc1. The number of nitrogens with one attached hydrogen (secondary N) is 3. The van der Waals surface area contributed by atoms with Gasteiger partial charge in [-0.25, -0.2) is 0 Å². The molecule has 6 nitrogen and oxygen atoms in total. The number of carbonyl (C=O) groups excluding carboxylic acids is 2. The summed E-state index contributed by atoms with van der Waals surface area (Å²) >= 11 is 0. The first-order valence-electron chi connectivity index (χ1n) is 9.47. The minimum absolute atomic E-state index is 0.0150. The van der Waals surface area contributed by atoms with Gasteiger partial charge in [-0.3, -0.25) is 9.59 Å². The monoisotopic (exact) mass is 378 g/mol. The summed E-state index contributed by atoms with van der Waals surface area (Å²) in [6, 6.07) is 13.6. The zero-order chi connectivity index (χ0) is 19.9. The average molecular weight is 378 g/mol. The van der Waals surface area contributed by atoms with Crippen molar-refractivity contribution in [2.75, 3.05) is 18.4 Å². The fraction of sp³-hybridized carbons (Fsp3) is 0.273. The Labute approximate surface area is 164 Å². The second-order valence-electron chi connectivity index (χ2n) is 6.89. The number of benzene rings is 2. The summed E-state index contributed by atoms with van der Waals surface area (Å²) in [6.45, 7) is 2.68. The molecule has 0 unspecified atom stereocenters. The lowest BCUT2D eigenvalue weighted by Crippen LogP contribution is -2.27. The Morgan fingerprint density at radius 3 is 2.50 bits per heavy atom. The molecule has 0 aliphatic carbocycles. The van der Waals surface area contributed by atoms with Crippen molar-refractivity contribution in [3.63, 3.8) is 0 Å². The summed E-state index contributed by atoms with van der Waals surface area (Å²) in [5.41, 5.74) is 10.8. The van der Waals surface area contributed by atoms with E-state index in [4.69, 9.17) is 5.73 Å². The zero-order valence-corrected chi connectivity index (χ0v) is 16.0. The van der Waals surface area contributed by atoms with Crippen LogP contribution in [0.1, 0.15) is 23.6 Å². The first kappa shape index (κ1) is 19.6. The number of rotatable bonds is 8. The molecule has 3 rings (SSSR count). The molecular formula is C22H26N4O2. The van der Waals surface area contributed by atoms with Gasteiger partial charge in [0, 0.05) is 36.3 Å². The second-order valence-corrected chi connectivity index (χ2v) is 6.89. The summed E-state index contributed by atoms with van der Waals surface area (Å²) in [5, 5.41) is 6.89. The number of H-pyrrole nitrogens is 1. The van der Waals surface area contributed by atoms with E-state index in [1.807, 2.05) is 18.3 Å². The summed E-state index contributed by atoms with van der Waals surface area (Å²) in [5.74, 6) is -0.128. The third kappa shape index (κ3) is 5.20. The van der Waals surface area contributed by atoms with Gasteiger partial charge in [-0.2, -0.15) is 0 Å². The maximum atomic E-state index is 12.2. The molecule has 28 heavy (non-hydrogen) atoms. The van der Waals surface area contributed by atoms with E-state index in [1.165, 1.54) is 23.4 Å². The molecule has 0 radical (unpaired) electrons. The van der Waals surface area contributed by atoms with Crippen LogP contribution in [0, 0.1) is 0 Å². The molecule has 0 bridgehead atoms. The second kappa shape index (κ2) is 9.19. The standard InChI is InChI=1S/C22H26N4O2/c1-15(27)26-19-5-2-16(3-6-19)13-22(28)24-11-9-17-4-7-21-20(12-17)18(8-10-23)14-25-21/h2-7,12,14,25H,8-11,13,23H2,1H3,(H,24,28)(H,26,27). The van der Waals surface area contributed by atoms with Crippen molar-refractivity contribution in [1.29, 1.82) is 0 Å². The van der Waals surface area contributed by atoms with Crippen LogP contribution in [0.25, 0.3) is 10.9 Å². The molecule has 0 saturated carbocycles. The number of hydrogen-bond donors (Lipinski definition) is 4. The van der Waals surface area contributed by atoms with Crippen molar-refractivity contribution < 1.29 is 9.59 Å². The van der Waals surface area contributed by atoms with Gasteiger partial charge in [-0.05, 0) is 60.3 Å². The van der Waals surface area contributed by atoms with E-state index in [-0.39, 0.29) is 11.8 Å². The van der Waals surface area contributed by atoms with Crippen LogP contribution in [0.5, 0.6) is 0 Å². The van der Waals surface area contributed by atoms with Crippen molar-refractivity contribution in [3.05, 3.63) is 65.4 Å². The van der Waals surface area contributed by atoms with Crippen molar-refractivity contribution in [2.24, 2.45) is 5.73 Å². The van der Waals surface area contributed by atoms with Gasteiger partial charge in [0.2, 0.25) is 11.8 Å². The van der Waals surface area contributed by atoms with E-state index < -0.39 is 0 Å². The highest BCUT2D eigenvalue weighted by molar-refractivity contribution is 5.88. The van der Waals surface area contributed by atoms with Crippen LogP contribution in [0.2, 0.25) is 0 Å². The minimum atomic E-state index is -0.113. The van der Waals surface area contributed by atoms with E-state index in [0.29, 0.717) is 19.5 Å². The number of amides is 2. The third-order valence-electron chi connectivity index (χ3n) is 4.62. The average Bonchev–Trinajstić information content (AvgIpc) is 3.06. The van der Waals surface area contributed by atoms with Gasteiger partial charge in [0.05, 0.1) is 6.42 Å². The predicted molar refractivity (Wildman–Crippen MR) is 112 cm³/mol. The highest BCUT2D eigenvalue weighted by Gasteiger charge is 2.06. The smallest absolute Gasteiger partial charge is 0.224 e. The van der Waals surface area contributed by atoms with E-state index in [1.54, 1.807) is 12.1 Å². The molecule has 0 saturated heterocycles. The van der Waals surface area contributed by atoms with Crippen LogP contribution < -0.4 is 16.4 Å². The Morgan fingerprint density at radius 2 is 1.79 bits per heavy atom. The molecule has 3 aromatic rings. The summed E-state index contributed by atoms with van der Waals surface area (Å²) in [6.07, 6.45) is 3.95. The van der Waals surface area contributed by atoms with Crippen LogP contribution in [-0.2, 0) is 28.9 Å². The number of aromatic nitrogens is 1. The van der Waals surface area contributed by atoms with Crippen LogP contribution in [0.3, 0.4) is 0 Å². The van der Waals surface area contributed by atoms with Gasteiger partial charge in [0.1, 0.15) is 0 Å². The molecule has 2 amide bonds. The maximum absolute atomic E-state index is 12.2. The van der Waals surface area contributed by atoms with Crippen LogP contribution in [0.4, 0.5) is 5.69 Å². The summed E-state index contributed by atoms with van der Waals surface area (Å²) in [7, 11) is 0. The number of anilines is 1. The predicted octanol–water partition coefficient (Wildman–Crippen LogP) is 2.53. The molecule has 0 fully saturated rings. The zero-order valence-electron chi connectivity index (χ0n) is 16.0. The Kier molecular flexibility index (Phi) is 6.45. The van der Waals surface area contributed by atoms with E-state index in [0.717, 1.165) is 29.6 Å². The number of nitrogens with two attached hydrogens (primary N) is 1. The van der Waals surface area contributed by atoms with Gasteiger partial charge < -0.3 is 21.4 Å². The quantitative estimate of drug-likeness (QED) is 0.485. The van der Waals surface area contributed by atoms with Crippen molar-refractivity contribution in [2.45, 2.75) is 26.2 Å². The van der Waals surface area contributed by atoms with Crippen LogP contribution >= 0.6 is 0 Å². The van der Waals surface area contributed by atoms with Gasteiger partial charge >= 0.3 is 0 Å². The van der Waals surface area contributed by atoms with Gasteiger partial charge in [0.25, 0.3) is 0 Å².